The standard InChI is InChI=1S/C14H12BrFN2O2/c1-9(11-4-2-3-5-12(11)15)17-13-8-10(16)6-7-14(13)18(19)20/h2-9,17H,1H3. The summed E-state index contributed by atoms with van der Waals surface area (Å²) in [5, 5.41) is 13.9. The maximum absolute atomic E-state index is 13.3. The lowest BCUT2D eigenvalue weighted by atomic mass is 10.1. The summed E-state index contributed by atoms with van der Waals surface area (Å²) in [6.07, 6.45) is 0. The molecule has 0 aliphatic rings. The van der Waals surface area contributed by atoms with Crippen LogP contribution in [-0.2, 0) is 0 Å². The van der Waals surface area contributed by atoms with Crippen molar-refractivity contribution in [1.82, 2.24) is 0 Å². The summed E-state index contributed by atoms with van der Waals surface area (Å²) in [5.41, 5.74) is 0.953. The van der Waals surface area contributed by atoms with Gasteiger partial charge in [-0.2, -0.15) is 0 Å². The van der Waals surface area contributed by atoms with E-state index in [4.69, 9.17) is 0 Å². The summed E-state index contributed by atoms with van der Waals surface area (Å²) >= 11 is 3.42. The first-order chi connectivity index (χ1) is 9.49. The van der Waals surface area contributed by atoms with Gasteiger partial charge in [0.15, 0.2) is 0 Å². The largest absolute Gasteiger partial charge is 0.373 e. The minimum Gasteiger partial charge on any atom is -0.373 e. The van der Waals surface area contributed by atoms with E-state index in [1.165, 1.54) is 0 Å². The number of anilines is 1. The molecule has 0 spiro atoms. The molecule has 0 amide bonds. The van der Waals surface area contributed by atoms with Crippen molar-refractivity contribution in [2.45, 2.75) is 13.0 Å². The summed E-state index contributed by atoms with van der Waals surface area (Å²) in [4.78, 5) is 10.4. The Hall–Kier alpha value is -1.95. The molecule has 2 rings (SSSR count). The van der Waals surface area contributed by atoms with Crippen molar-refractivity contribution in [2.75, 3.05) is 5.32 Å². The third kappa shape index (κ3) is 3.14. The Morgan fingerprint density at radius 3 is 2.65 bits per heavy atom. The van der Waals surface area contributed by atoms with Gasteiger partial charge in [0.2, 0.25) is 0 Å². The second-order valence-electron chi connectivity index (χ2n) is 4.31. The zero-order valence-corrected chi connectivity index (χ0v) is 12.2. The van der Waals surface area contributed by atoms with Gasteiger partial charge in [-0.05, 0) is 24.6 Å². The van der Waals surface area contributed by atoms with Crippen molar-refractivity contribution in [2.24, 2.45) is 0 Å². The van der Waals surface area contributed by atoms with Crippen LogP contribution in [0.1, 0.15) is 18.5 Å². The third-order valence-corrected chi connectivity index (χ3v) is 3.62. The Bertz CT molecular complexity index is 649. The lowest BCUT2D eigenvalue weighted by molar-refractivity contribution is -0.384. The van der Waals surface area contributed by atoms with E-state index in [0.717, 1.165) is 28.2 Å². The highest BCUT2D eigenvalue weighted by atomic mass is 79.9. The van der Waals surface area contributed by atoms with Crippen molar-refractivity contribution < 1.29 is 9.31 Å². The summed E-state index contributed by atoms with van der Waals surface area (Å²) in [7, 11) is 0. The van der Waals surface area contributed by atoms with E-state index in [0.29, 0.717) is 0 Å². The average Bonchev–Trinajstić information content (AvgIpc) is 2.38. The predicted octanol–water partition coefficient (Wildman–Crippen LogP) is 4.67. The Labute approximate surface area is 123 Å². The SMILES string of the molecule is CC(Nc1cc(F)ccc1[N+](=O)[O-])c1ccccc1Br. The van der Waals surface area contributed by atoms with Crippen LogP contribution in [0.2, 0.25) is 0 Å². The second kappa shape index (κ2) is 6.00. The Morgan fingerprint density at radius 2 is 2.00 bits per heavy atom. The molecule has 0 aromatic heterocycles. The quantitative estimate of drug-likeness (QED) is 0.651. The van der Waals surface area contributed by atoms with Crippen LogP contribution in [-0.4, -0.2) is 4.92 Å². The van der Waals surface area contributed by atoms with Crippen LogP contribution in [0.15, 0.2) is 46.9 Å². The van der Waals surface area contributed by atoms with Crippen molar-refractivity contribution >= 4 is 27.3 Å². The number of nitrogens with one attached hydrogen (secondary N) is 1. The molecule has 0 aliphatic heterocycles. The van der Waals surface area contributed by atoms with Crippen LogP contribution in [0.25, 0.3) is 0 Å². The number of benzene rings is 2. The van der Waals surface area contributed by atoms with E-state index >= 15 is 0 Å². The highest BCUT2D eigenvalue weighted by molar-refractivity contribution is 9.10. The maximum atomic E-state index is 13.3. The first kappa shape index (κ1) is 14.5. The molecule has 104 valence electrons. The number of hydrogen-bond acceptors (Lipinski definition) is 3. The van der Waals surface area contributed by atoms with Crippen LogP contribution >= 0.6 is 15.9 Å². The van der Waals surface area contributed by atoms with Crippen molar-refractivity contribution in [3.05, 3.63) is 68.4 Å². The molecule has 0 bridgehead atoms. The van der Waals surface area contributed by atoms with Gasteiger partial charge >= 0.3 is 0 Å². The first-order valence-electron chi connectivity index (χ1n) is 5.94. The molecule has 0 radical (unpaired) electrons. The first-order valence-corrected chi connectivity index (χ1v) is 6.73. The third-order valence-electron chi connectivity index (χ3n) is 2.90. The molecular formula is C14H12BrFN2O2. The number of halogens is 2. The lowest BCUT2D eigenvalue weighted by Crippen LogP contribution is -2.09. The van der Waals surface area contributed by atoms with Gasteiger partial charge in [0.1, 0.15) is 11.5 Å². The zero-order valence-electron chi connectivity index (χ0n) is 10.6. The Balaban J connectivity index is 2.32. The molecule has 2 aromatic carbocycles. The molecule has 0 saturated carbocycles. The molecule has 0 heterocycles. The van der Waals surface area contributed by atoms with Crippen LogP contribution in [0.3, 0.4) is 0 Å². The molecule has 1 atom stereocenters. The number of nitro benzene ring substituents is 1. The molecule has 20 heavy (non-hydrogen) atoms. The number of rotatable bonds is 4. The van der Waals surface area contributed by atoms with Gasteiger partial charge in [-0.1, -0.05) is 34.1 Å². The smallest absolute Gasteiger partial charge is 0.292 e. The van der Waals surface area contributed by atoms with Crippen LogP contribution < -0.4 is 5.32 Å². The van der Waals surface area contributed by atoms with Gasteiger partial charge in [-0.15, -0.1) is 0 Å². The minimum atomic E-state index is -0.533. The summed E-state index contributed by atoms with van der Waals surface area (Å²) < 4.78 is 14.2. The highest BCUT2D eigenvalue weighted by Gasteiger charge is 2.17. The van der Waals surface area contributed by atoms with Gasteiger partial charge in [-0.25, -0.2) is 4.39 Å². The molecular weight excluding hydrogens is 327 g/mol. The number of hydrogen-bond donors (Lipinski definition) is 1. The van der Waals surface area contributed by atoms with Crippen LogP contribution in [0.4, 0.5) is 15.8 Å². The maximum Gasteiger partial charge on any atom is 0.292 e. The van der Waals surface area contributed by atoms with Gasteiger partial charge < -0.3 is 5.32 Å². The molecule has 1 unspecified atom stereocenters. The van der Waals surface area contributed by atoms with Gasteiger partial charge in [-0.3, -0.25) is 10.1 Å². The van der Waals surface area contributed by atoms with Crippen molar-refractivity contribution in [3.8, 4) is 0 Å². The molecule has 0 aliphatic carbocycles. The Kier molecular flexibility index (Phi) is 4.34. The topological polar surface area (TPSA) is 55.2 Å². The van der Waals surface area contributed by atoms with Gasteiger partial charge in [0.05, 0.1) is 4.92 Å². The average molecular weight is 339 g/mol. The predicted molar refractivity (Wildman–Crippen MR) is 79.2 cm³/mol. The Morgan fingerprint density at radius 1 is 1.30 bits per heavy atom. The van der Waals surface area contributed by atoms with Crippen LogP contribution in [0.5, 0.6) is 0 Å². The normalized spacial score (nSPS) is 11.9. The summed E-state index contributed by atoms with van der Waals surface area (Å²) in [6, 6.07) is 10.7. The van der Waals surface area contributed by atoms with E-state index in [2.05, 4.69) is 21.2 Å². The number of nitro groups is 1. The fourth-order valence-corrected chi connectivity index (χ4v) is 2.55. The van der Waals surface area contributed by atoms with Gasteiger partial charge in [0, 0.05) is 22.6 Å². The van der Waals surface area contributed by atoms with E-state index < -0.39 is 10.7 Å². The van der Waals surface area contributed by atoms with Crippen molar-refractivity contribution in [1.29, 1.82) is 0 Å². The van der Waals surface area contributed by atoms with E-state index in [1.54, 1.807) is 0 Å². The van der Waals surface area contributed by atoms with Crippen LogP contribution in [0, 0.1) is 15.9 Å². The summed E-state index contributed by atoms with van der Waals surface area (Å²) in [5.74, 6) is -0.516. The van der Waals surface area contributed by atoms with E-state index in [1.807, 2.05) is 31.2 Å². The fourth-order valence-electron chi connectivity index (χ4n) is 1.92. The fraction of sp³-hybridized carbons (Fsp3) is 0.143. The molecule has 0 fully saturated rings. The van der Waals surface area contributed by atoms with Crippen molar-refractivity contribution in [3.63, 3.8) is 0 Å². The van der Waals surface area contributed by atoms with E-state index in [-0.39, 0.29) is 17.4 Å². The molecule has 0 saturated heterocycles. The molecule has 1 N–H and O–H groups in total. The minimum absolute atomic E-state index is 0.148. The lowest BCUT2D eigenvalue weighted by Gasteiger charge is -2.17. The highest BCUT2D eigenvalue weighted by Crippen LogP contribution is 2.31. The molecule has 6 heteroatoms. The zero-order chi connectivity index (χ0) is 14.7. The summed E-state index contributed by atoms with van der Waals surface area (Å²) in [6.45, 7) is 1.86. The number of nitrogens with zero attached hydrogens (tertiary/aromatic N) is 1. The monoisotopic (exact) mass is 338 g/mol. The molecule has 4 nitrogen and oxygen atoms in total. The van der Waals surface area contributed by atoms with E-state index in [9.17, 15) is 14.5 Å². The molecule has 2 aromatic rings. The second-order valence-corrected chi connectivity index (χ2v) is 5.16. The van der Waals surface area contributed by atoms with Gasteiger partial charge in [0.25, 0.3) is 5.69 Å².